The molecule has 0 N–H and O–H groups in total. The molecule has 0 aromatic carbocycles. The molecule has 0 aromatic heterocycles. The number of aryl methyl sites for hydroxylation is 1. The Labute approximate surface area is 62.6 Å². The van der Waals surface area contributed by atoms with Crippen molar-refractivity contribution in [1.82, 2.24) is 30.2 Å². The Bertz CT molecular complexity index is 328. The highest BCUT2D eigenvalue weighted by molar-refractivity contribution is 5.40. The molecule has 0 fully saturated rings. The molecule has 11 heavy (non-hydrogen) atoms. The lowest BCUT2D eigenvalue weighted by atomic mass is 10.6. The highest BCUT2D eigenvalue weighted by Crippen LogP contribution is 2.05. The maximum Gasteiger partial charge on any atom is 0.224 e. The van der Waals surface area contributed by atoms with Gasteiger partial charge in [-0.3, -0.25) is 0 Å². The number of fused-ring (bicyclic) bond motifs is 1. The Hall–Kier alpha value is -1.59. The molecule has 0 saturated heterocycles. The molecule has 0 atom stereocenters. The molecule has 2 aliphatic heterocycles. The lowest BCUT2D eigenvalue weighted by Crippen LogP contribution is -2.10. The third-order valence-corrected chi connectivity index (χ3v) is 1.30. The lowest BCUT2D eigenvalue weighted by molar-refractivity contribution is 0.500. The van der Waals surface area contributed by atoms with Gasteiger partial charge in [0.25, 0.3) is 0 Å². The van der Waals surface area contributed by atoms with E-state index >= 15 is 0 Å². The van der Waals surface area contributed by atoms with Crippen LogP contribution < -0.4 is 0 Å². The van der Waals surface area contributed by atoms with Gasteiger partial charge in [-0.25, -0.2) is 9.97 Å². The van der Waals surface area contributed by atoms with Crippen molar-refractivity contribution < 1.29 is 0 Å². The Morgan fingerprint density at radius 2 is 2.18 bits per heavy atom. The lowest BCUT2D eigenvalue weighted by Gasteiger charge is -1.97. The van der Waals surface area contributed by atoms with E-state index in [0.29, 0.717) is 18.2 Å². The highest BCUT2D eigenvalue weighted by atomic mass is 15.6. The van der Waals surface area contributed by atoms with Crippen LogP contribution in [0.15, 0.2) is 6.33 Å². The summed E-state index contributed by atoms with van der Waals surface area (Å²) in [6.07, 6.45) is 1.42. The fourth-order valence-electron chi connectivity index (χ4n) is 0.752. The number of imidazole rings is 1. The van der Waals surface area contributed by atoms with E-state index in [4.69, 9.17) is 0 Å². The zero-order chi connectivity index (χ0) is 7.68. The van der Waals surface area contributed by atoms with E-state index in [1.54, 1.807) is 0 Å². The minimum atomic E-state index is 0.495. The van der Waals surface area contributed by atoms with Crippen LogP contribution in [0.25, 0.3) is 11.6 Å². The van der Waals surface area contributed by atoms with Gasteiger partial charge in [-0.05, 0) is 12.1 Å². The van der Waals surface area contributed by atoms with E-state index in [0.717, 1.165) is 0 Å². The van der Waals surface area contributed by atoms with E-state index in [-0.39, 0.29) is 0 Å². The summed E-state index contributed by atoms with van der Waals surface area (Å²) in [6.45, 7) is 2.62. The predicted octanol–water partition coefficient (Wildman–Crippen LogP) is -0.412. The van der Waals surface area contributed by atoms with Crippen molar-refractivity contribution in [1.29, 1.82) is 0 Å². The van der Waals surface area contributed by atoms with E-state index in [1.165, 1.54) is 11.1 Å². The van der Waals surface area contributed by atoms with Gasteiger partial charge in [0, 0.05) is 0 Å². The maximum absolute atomic E-state index is 4.02. The van der Waals surface area contributed by atoms with Crippen LogP contribution in [0.5, 0.6) is 0 Å². The Morgan fingerprint density at radius 3 is 3.00 bits per heavy atom. The summed E-state index contributed by atoms with van der Waals surface area (Å²) in [6, 6.07) is 0. The first-order chi connectivity index (χ1) is 5.40. The molecule has 0 radical (unpaired) electrons. The Morgan fingerprint density at radius 1 is 1.36 bits per heavy atom. The van der Waals surface area contributed by atoms with Gasteiger partial charge in [-0.15, -0.1) is 10.2 Å². The summed E-state index contributed by atoms with van der Waals surface area (Å²) in [5, 5.41) is 11.6. The fraction of sp³-hybridized carbons (Fsp3) is 0.400. The van der Waals surface area contributed by atoms with Crippen LogP contribution in [-0.4, -0.2) is 30.2 Å². The normalized spacial score (nSPS) is 10.6. The Balaban J connectivity index is 2.59. The maximum atomic E-state index is 4.02. The SMILES string of the molecule is CCn1nnc2ncnc-2n1. The Kier molecular flexibility index (Phi) is 1.24. The molecular formula is C5H6N6. The van der Waals surface area contributed by atoms with Crippen LogP contribution >= 0.6 is 0 Å². The molecule has 2 rings (SSSR count). The van der Waals surface area contributed by atoms with Crippen molar-refractivity contribution >= 4 is 0 Å². The van der Waals surface area contributed by atoms with Gasteiger partial charge in [-0.1, -0.05) is 0 Å². The van der Waals surface area contributed by atoms with Gasteiger partial charge >= 0.3 is 0 Å². The molecule has 6 heteroatoms. The average Bonchev–Trinajstić information content (AvgIpc) is 2.50. The molecule has 0 aromatic rings. The third kappa shape index (κ3) is 0.917. The number of hydrogen-bond donors (Lipinski definition) is 0. The summed E-state index contributed by atoms with van der Waals surface area (Å²) in [4.78, 5) is 9.18. The molecule has 0 amide bonds. The third-order valence-electron chi connectivity index (χ3n) is 1.30. The average molecular weight is 150 g/mol. The van der Waals surface area contributed by atoms with Crippen LogP contribution in [0.3, 0.4) is 0 Å². The highest BCUT2D eigenvalue weighted by Gasteiger charge is 2.08. The van der Waals surface area contributed by atoms with Gasteiger partial charge in [-0.2, -0.15) is 4.80 Å². The predicted molar refractivity (Wildman–Crippen MR) is 35.7 cm³/mol. The van der Waals surface area contributed by atoms with Crippen LogP contribution in [0, 0.1) is 0 Å². The second-order valence-corrected chi connectivity index (χ2v) is 2.00. The van der Waals surface area contributed by atoms with Gasteiger partial charge in [0.1, 0.15) is 6.33 Å². The van der Waals surface area contributed by atoms with Crippen molar-refractivity contribution in [2.75, 3.05) is 0 Å². The van der Waals surface area contributed by atoms with Crippen molar-refractivity contribution in [3.8, 4) is 11.6 Å². The number of nitrogens with zero attached hydrogens (tertiary/aromatic N) is 6. The molecule has 56 valence electrons. The van der Waals surface area contributed by atoms with Gasteiger partial charge in [0.15, 0.2) is 0 Å². The molecule has 0 spiro atoms. The molecule has 0 unspecified atom stereocenters. The molecule has 0 saturated carbocycles. The van der Waals surface area contributed by atoms with E-state index in [1.807, 2.05) is 6.92 Å². The fourth-order valence-corrected chi connectivity index (χ4v) is 0.752. The largest absolute Gasteiger partial charge is 0.224 e. The van der Waals surface area contributed by atoms with E-state index in [2.05, 4.69) is 25.4 Å². The van der Waals surface area contributed by atoms with Gasteiger partial charge in [0.05, 0.1) is 6.54 Å². The first kappa shape index (κ1) is 6.14. The summed E-state index contributed by atoms with van der Waals surface area (Å²) in [5.74, 6) is 1.04. The van der Waals surface area contributed by atoms with Crippen molar-refractivity contribution in [3.63, 3.8) is 0 Å². The zero-order valence-electron chi connectivity index (χ0n) is 5.97. The first-order valence-electron chi connectivity index (χ1n) is 3.28. The van der Waals surface area contributed by atoms with Crippen LogP contribution in [0.4, 0.5) is 0 Å². The van der Waals surface area contributed by atoms with Gasteiger partial charge in [0.2, 0.25) is 11.6 Å². The smallest absolute Gasteiger partial charge is 0.212 e. The van der Waals surface area contributed by atoms with Crippen molar-refractivity contribution in [2.24, 2.45) is 0 Å². The van der Waals surface area contributed by atoms with Crippen molar-refractivity contribution in [2.45, 2.75) is 13.5 Å². The summed E-state index contributed by atoms with van der Waals surface area (Å²) in [5.41, 5.74) is 0. The molecule has 0 aliphatic carbocycles. The first-order valence-corrected chi connectivity index (χ1v) is 3.28. The standard InChI is InChI=1S/C5H6N6/c1-2-11-9-5-4(8-10-11)6-3-7-5/h3H,2H2,1H3. The van der Waals surface area contributed by atoms with Gasteiger partial charge < -0.3 is 0 Å². The minimum Gasteiger partial charge on any atom is -0.212 e. The number of rotatable bonds is 1. The quantitative estimate of drug-likeness (QED) is 0.552. The topological polar surface area (TPSA) is 69.4 Å². The number of hydrogen-bond acceptors (Lipinski definition) is 5. The van der Waals surface area contributed by atoms with Crippen LogP contribution in [0.1, 0.15) is 6.92 Å². The molecule has 2 aliphatic rings. The summed E-state index contributed by atoms with van der Waals surface area (Å²) >= 11 is 0. The van der Waals surface area contributed by atoms with E-state index in [9.17, 15) is 0 Å². The minimum absolute atomic E-state index is 0.495. The number of aromatic nitrogens is 6. The molecule has 0 bridgehead atoms. The van der Waals surface area contributed by atoms with E-state index < -0.39 is 0 Å². The molecular weight excluding hydrogens is 144 g/mol. The second-order valence-electron chi connectivity index (χ2n) is 2.00. The summed E-state index contributed by atoms with van der Waals surface area (Å²) in [7, 11) is 0. The monoisotopic (exact) mass is 150 g/mol. The summed E-state index contributed by atoms with van der Waals surface area (Å²) < 4.78 is 0. The second kappa shape index (κ2) is 2.22. The van der Waals surface area contributed by atoms with Crippen molar-refractivity contribution in [3.05, 3.63) is 6.33 Å². The molecule has 6 nitrogen and oxygen atoms in total. The zero-order valence-corrected chi connectivity index (χ0v) is 5.97. The van der Waals surface area contributed by atoms with Crippen LogP contribution in [0.2, 0.25) is 0 Å². The molecule has 2 heterocycles. The van der Waals surface area contributed by atoms with Crippen LogP contribution in [-0.2, 0) is 6.54 Å².